The summed E-state index contributed by atoms with van der Waals surface area (Å²) < 4.78 is 12.2. The minimum absolute atomic E-state index is 0.118. The van der Waals surface area contributed by atoms with Gasteiger partial charge < -0.3 is 29.3 Å². The van der Waals surface area contributed by atoms with Gasteiger partial charge >= 0.3 is 0 Å². The van der Waals surface area contributed by atoms with Gasteiger partial charge in [0.05, 0.1) is 31.2 Å². The maximum absolute atomic E-state index is 14.5. The molecule has 3 unspecified atom stereocenters. The molecule has 2 bridgehead atoms. The predicted molar refractivity (Wildman–Crippen MR) is 165 cm³/mol. The van der Waals surface area contributed by atoms with Gasteiger partial charge in [-0.25, -0.2) is 0 Å². The molecule has 5 rings (SSSR count). The fraction of sp³-hybridized carbons (Fsp3) is 0.594. The molecule has 10 nitrogen and oxygen atoms in total. The number of aliphatic hydroxyl groups is 1. The van der Waals surface area contributed by atoms with Gasteiger partial charge in [0.25, 0.3) is 0 Å². The van der Waals surface area contributed by atoms with Crippen LogP contribution < -0.4 is 0 Å². The zero-order valence-electron chi connectivity index (χ0n) is 24.7. The van der Waals surface area contributed by atoms with Crippen molar-refractivity contribution in [3.63, 3.8) is 0 Å². The number of benzene rings is 1. The highest BCUT2D eigenvalue weighted by Gasteiger charge is 2.76. The van der Waals surface area contributed by atoms with Gasteiger partial charge in [-0.3, -0.25) is 19.3 Å². The van der Waals surface area contributed by atoms with Crippen molar-refractivity contribution in [3.8, 4) is 0 Å². The summed E-state index contributed by atoms with van der Waals surface area (Å²) in [5.41, 5.74) is -0.170. The number of halogens is 1. The SMILES string of the molecule is C=CCN(CCN1CCOCC1)C(=O)C1N(CCCO)C(=O)[C@@H]2[C@H](C(=O)N(CC=C)Cc3ccccc3)[C@H]3OC12CC3Br. The molecule has 3 amide bonds. The lowest BCUT2D eigenvalue weighted by Gasteiger charge is -2.38. The molecule has 0 aliphatic carbocycles. The second-order valence-electron chi connectivity index (χ2n) is 11.8. The molecule has 4 fully saturated rings. The first-order valence-electron chi connectivity index (χ1n) is 15.2. The molecule has 1 N–H and O–H groups in total. The van der Waals surface area contributed by atoms with Gasteiger partial charge in [-0.2, -0.15) is 0 Å². The molecular formula is C32H43BrN4O6. The van der Waals surface area contributed by atoms with Gasteiger partial charge in [-0.1, -0.05) is 58.4 Å². The van der Waals surface area contributed by atoms with Crippen LogP contribution in [-0.2, 0) is 30.4 Å². The van der Waals surface area contributed by atoms with Crippen molar-refractivity contribution in [3.05, 3.63) is 61.2 Å². The maximum Gasteiger partial charge on any atom is 0.248 e. The Balaban J connectivity index is 1.45. The molecule has 1 spiro atoms. The summed E-state index contributed by atoms with van der Waals surface area (Å²) >= 11 is 3.76. The van der Waals surface area contributed by atoms with E-state index in [0.29, 0.717) is 58.8 Å². The number of ether oxygens (including phenoxy) is 2. The average Bonchev–Trinajstić information content (AvgIpc) is 3.61. The molecule has 4 heterocycles. The van der Waals surface area contributed by atoms with E-state index in [0.717, 1.165) is 18.7 Å². The van der Waals surface area contributed by atoms with E-state index >= 15 is 0 Å². The Hall–Kier alpha value is -2.57. The Bertz CT molecular complexity index is 1180. The third-order valence-electron chi connectivity index (χ3n) is 9.19. The molecule has 1 aromatic carbocycles. The van der Waals surface area contributed by atoms with Gasteiger partial charge in [0.2, 0.25) is 17.7 Å². The Morgan fingerprint density at radius 2 is 1.77 bits per heavy atom. The number of amides is 3. The van der Waals surface area contributed by atoms with Crippen LogP contribution in [0.25, 0.3) is 0 Å². The van der Waals surface area contributed by atoms with E-state index in [1.807, 2.05) is 30.3 Å². The highest BCUT2D eigenvalue weighted by Crippen LogP contribution is 2.60. The maximum atomic E-state index is 14.5. The summed E-state index contributed by atoms with van der Waals surface area (Å²) in [6.07, 6.45) is 3.61. The number of rotatable bonds is 14. The van der Waals surface area contributed by atoms with Gasteiger partial charge in [-0.15, -0.1) is 13.2 Å². The smallest absolute Gasteiger partial charge is 0.248 e. The number of carbonyl (C=O) groups is 3. The van der Waals surface area contributed by atoms with Gasteiger partial charge in [0.1, 0.15) is 11.6 Å². The molecule has 6 atom stereocenters. The third kappa shape index (κ3) is 6.20. The number of aliphatic hydroxyl groups excluding tert-OH is 1. The van der Waals surface area contributed by atoms with Crippen molar-refractivity contribution in [1.82, 2.24) is 19.6 Å². The number of fused-ring (bicyclic) bond motifs is 1. The number of alkyl halides is 1. The van der Waals surface area contributed by atoms with Gasteiger partial charge in [0, 0.05) is 63.8 Å². The minimum atomic E-state index is -1.15. The van der Waals surface area contributed by atoms with Crippen LogP contribution in [0.5, 0.6) is 0 Å². The summed E-state index contributed by atoms with van der Waals surface area (Å²) in [4.78, 5) is 50.2. The fourth-order valence-corrected chi connectivity index (χ4v) is 8.23. The zero-order chi connectivity index (χ0) is 30.6. The lowest BCUT2D eigenvalue weighted by molar-refractivity contribution is -0.149. The first-order valence-corrected chi connectivity index (χ1v) is 16.1. The van der Waals surface area contributed by atoms with Gasteiger partial charge in [0.15, 0.2) is 0 Å². The van der Waals surface area contributed by atoms with E-state index in [1.54, 1.807) is 26.9 Å². The lowest BCUT2D eigenvalue weighted by atomic mass is 9.70. The molecule has 4 aliphatic rings. The monoisotopic (exact) mass is 658 g/mol. The van der Waals surface area contributed by atoms with Crippen LogP contribution in [0.3, 0.4) is 0 Å². The molecule has 234 valence electrons. The van der Waals surface area contributed by atoms with Crippen LogP contribution in [0.2, 0.25) is 0 Å². The molecular weight excluding hydrogens is 616 g/mol. The molecule has 0 aromatic heterocycles. The Kier molecular flexibility index (Phi) is 10.4. The summed E-state index contributed by atoms with van der Waals surface area (Å²) in [5.74, 6) is -2.17. The highest BCUT2D eigenvalue weighted by atomic mass is 79.9. The van der Waals surface area contributed by atoms with Crippen LogP contribution in [-0.4, -0.2) is 131 Å². The first kappa shape index (κ1) is 31.8. The van der Waals surface area contributed by atoms with Crippen LogP contribution in [0.15, 0.2) is 55.6 Å². The summed E-state index contributed by atoms with van der Waals surface area (Å²) in [6.45, 7) is 12.9. The predicted octanol–water partition coefficient (Wildman–Crippen LogP) is 1.68. The van der Waals surface area contributed by atoms with Crippen LogP contribution in [0, 0.1) is 11.8 Å². The first-order chi connectivity index (χ1) is 20.9. The number of hydrogen-bond donors (Lipinski definition) is 1. The second kappa shape index (κ2) is 14.0. The summed E-state index contributed by atoms with van der Waals surface area (Å²) in [7, 11) is 0. The van der Waals surface area contributed by atoms with E-state index in [4.69, 9.17) is 9.47 Å². The second-order valence-corrected chi connectivity index (χ2v) is 13.0. The van der Waals surface area contributed by atoms with E-state index in [1.165, 1.54) is 0 Å². The summed E-state index contributed by atoms with van der Waals surface area (Å²) in [5, 5.41) is 9.68. The van der Waals surface area contributed by atoms with Crippen molar-refractivity contribution < 1.29 is 29.0 Å². The Morgan fingerprint density at radius 3 is 2.44 bits per heavy atom. The Morgan fingerprint density at radius 1 is 1.07 bits per heavy atom. The molecule has 4 aliphatic heterocycles. The van der Waals surface area contributed by atoms with Crippen LogP contribution in [0.4, 0.5) is 0 Å². The molecule has 4 saturated heterocycles. The topological polar surface area (TPSA) is 103 Å². The van der Waals surface area contributed by atoms with E-state index < -0.39 is 29.6 Å². The van der Waals surface area contributed by atoms with Crippen molar-refractivity contribution in [1.29, 1.82) is 0 Å². The summed E-state index contributed by atoms with van der Waals surface area (Å²) in [6, 6.07) is 8.82. The van der Waals surface area contributed by atoms with E-state index in [9.17, 15) is 19.5 Å². The normalized spacial score (nSPS) is 29.9. The third-order valence-corrected chi connectivity index (χ3v) is 10.0. The number of morpholine rings is 1. The Labute approximate surface area is 262 Å². The average molecular weight is 660 g/mol. The molecule has 11 heteroatoms. The van der Waals surface area contributed by atoms with Crippen molar-refractivity contribution in [2.45, 2.75) is 42.0 Å². The highest BCUT2D eigenvalue weighted by molar-refractivity contribution is 9.09. The molecule has 0 saturated carbocycles. The van der Waals surface area contributed by atoms with E-state index in [2.05, 4.69) is 34.0 Å². The largest absolute Gasteiger partial charge is 0.396 e. The zero-order valence-corrected chi connectivity index (χ0v) is 26.3. The number of nitrogens with zero attached hydrogens (tertiary/aromatic N) is 4. The van der Waals surface area contributed by atoms with Crippen LogP contribution in [0.1, 0.15) is 18.4 Å². The molecule has 0 radical (unpaired) electrons. The fourth-order valence-electron chi connectivity index (χ4n) is 7.28. The van der Waals surface area contributed by atoms with Crippen molar-refractivity contribution in [2.24, 2.45) is 11.8 Å². The standard InChI is InChI=1S/C32H43BrN4O6/c1-3-11-35(15-14-34-16-19-42-20-17-34)31(41)28-32-21-24(33)27(43-32)25(26(32)30(40)37(28)13-8-18-38)29(39)36(12-4-2)22-23-9-6-5-7-10-23/h3-7,9-10,24-28,38H,1-2,8,11-22H2/t24?,25-,26-,27-,28?,32?/m0/s1. The van der Waals surface area contributed by atoms with E-state index in [-0.39, 0.29) is 35.7 Å². The van der Waals surface area contributed by atoms with Crippen LogP contribution >= 0.6 is 15.9 Å². The quantitative estimate of drug-likeness (QED) is 0.240. The van der Waals surface area contributed by atoms with Gasteiger partial charge in [-0.05, 0) is 18.4 Å². The lowest BCUT2D eigenvalue weighted by Crippen LogP contribution is -2.58. The minimum Gasteiger partial charge on any atom is -0.396 e. The number of likely N-dealkylation sites (tertiary alicyclic amines) is 1. The van der Waals surface area contributed by atoms with Crippen molar-refractivity contribution in [2.75, 3.05) is 65.6 Å². The molecule has 1 aromatic rings. The molecule has 43 heavy (non-hydrogen) atoms. The number of carbonyl (C=O) groups excluding carboxylic acids is 3. The van der Waals surface area contributed by atoms with Crippen molar-refractivity contribution >= 4 is 33.7 Å². The number of hydrogen-bond acceptors (Lipinski definition) is 7.